The van der Waals surface area contributed by atoms with Crippen LogP contribution in [0.1, 0.15) is 18.1 Å². The van der Waals surface area contributed by atoms with Crippen LogP contribution in [-0.4, -0.2) is 32.0 Å². The van der Waals surface area contributed by atoms with Crippen molar-refractivity contribution in [3.63, 3.8) is 0 Å². The fraction of sp³-hybridized carbons (Fsp3) is 0.130. The number of benzene rings is 2. The molecule has 0 aliphatic rings. The van der Waals surface area contributed by atoms with E-state index in [9.17, 15) is 0 Å². The molecule has 3 heterocycles. The molecule has 8 nitrogen and oxygen atoms in total. The number of thioether (sulfide) groups is 1. The molecule has 0 saturated carbocycles. The number of hydrogen-bond donors (Lipinski definition) is 0. The lowest BCUT2D eigenvalue weighted by molar-refractivity contribution is 0.379. The number of hydrogen-bond acceptors (Lipinski definition) is 8. The number of rotatable bonds is 7. The molecular formula is C23H19N5O3S. The summed E-state index contributed by atoms with van der Waals surface area (Å²) in [6.45, 7) is 1.99. The van der Waals surface area contributed by atoms with Gasteiger partial charge in [0.25, 0.3) is 0 Å². The molecule has 2 aromatic carbocycles. The molecule has 160 valence electrons. The van der Waals surface area contributed by atoms with Crippen LogP contribution < -0.4 is 4.74 Å². The van der Waals surface area contributed by atoms with Crippen LogP contribution in [0.4, 0.5) is 0 Å². The van der Waals surface area contributed by atoms with E-state index < -0.39 is 0 Å². The number of ether oxygens (including phenoxy) is 1. The van der Waals surface area contributed by atoms with Crippen LogP contribution >= 0.6 is 11.8 Å². The Labute approximate surface area is 188 Å². The minimum Gasteiger partial charge on any atom is -0.497 e. The molecule has 0 spiro atoms. The summed E-state index contributed by atoms with van der Waals surface area (Å²) in [4.78, 5) is 4.47. The van der Waals surface area contributed by atoms with Crippen molar-refractivity contribution in [1.29, 1.82) is 0 Å². The summed E-state index contributed by atoms with van der Waals surface area (Å²) in [5.74, 6) is 2.92. The van der Waals surface area contributed by atoms with Crippen molar-refractivity contribution in [2.45, 2.75) is 17.3 Å². The second kappa shape index (κ2) is 8.72. The lowest BCUT2D eigenvalue weighted by atomic mass is 10.2. The molecule has 32 heavy (non-hydrogen) atoms. The lowest BCUT2D eigenvalue weighted by Gasteiger charge is -2.12. The van der Waals surface area contributed by atoms with Crippen molar-refractivity contribution in [1.82, 2.24) is 24.9 Å². The van der Waals surface area contributed by atoms with E-state index in [-0.39, 0.29) is 5.25 Å². The predicted molar refractivity (Wildman–Crippen MR) is 120 cm³/mol. The second-order valence-electron chi connectivity index (χ2n) is 6.90. The highest BCUT2D eigenvalue weighted by Gasteiger charge is 2.23. The van der Waals surface area contributed by atoms with Gasteiger partial charge in [0.2, 0.25) is 11.7 Å². The summed E-state index contributed by atoms with van der Waals surface area (Å²) in [7, 11) is 1.64. The molecule has 1 atom stereocenters. The number of nitrogens with zero attached hydrogens (tertiary/aromatic N) is 5. The Bertz CT molecular complexity index is 1310. The van der Waals surface area contributed by atoms with Crippen molar-refractivity contribution in [2.24, 2.45) is 0 Å². The van der Waals surface area contributed by atoms with Crippen molar-refractivity contribution in [3.05, 3.63) is 78.9 Å². The SMILES string of the molecule is COc1cccc(-c2nnc(SC(C)c3nc(-c4ccco4)no3)n2-c2ccccc2)c1. The fourth-order valence-corrected chi connectivity index (χ4v) is 4.12. The molecule has 5 aromatic rings. The first kappa shape index (κ1) is 20.1. The number of aromatic nitrogens is 5. The highest BCUT2D eigenvalue weighted by atomic mass is 32.2. The lowest BCUT2D eigenvalue weighted by Crippen LogP contribution is -2.01. The van der Waals surface area contributed by atoms with Crippen LogP contribution in [0.15, 0.2) is 87.1 Å². The van der Waals surface area contributed by atoms with Crippen LogP contribution in [0, 0.1) is 0 Å². The molecule has 9 heteroatoms. The third-order valence-electron chi connectivity index (χ3n) is 4.79. The molecule has 0 aliphatic carbocycles. The van der Waals surface area contributed by atoms with E-state index in [1.807, 2.05) is 66.1 Å². The van der Waals surface area contributed by atoms with E-state index in [2.05, 4.69) is 20.3 Å². The van der Waals surface area contributed by atoms with Gasteiger partial charge in [0.1, 0.15) is 5.75 Å². The molecule has 1 unspecified atom stereocenters. The molecule has 0 bridgehead atoms. The van der Waals surface area contributed by atoms with Crippen LogP contribution in [-0.2, 0) is 0 Å². The van der Waals surface area contributed by atoms with Gasteiger partial charge in [-0.2, -0.15) is 4.98 Å². The van der Waals surface area contributed by atoms with Crippen LogP contribution in [0.3, 0.4) is 0 Å². The second-order valence-corrected chi connectivity index (χ2v) is 8.21. The molecule has 0 N–H and O–H groups in total. The Balaban J connectivity index is 1.50. The van der Waals surface area contributed by atoms with Gasteiger partial charge in [0, 0.05) is 11.3 Å². The number of para-hydroxylation sites is 1. The average molecular weight is 446 g/mol. The first-order valence-corrected chi connectivity index (χ1v) is 10.8. The van der Waals surface area contributed by atoms with Gasteiger partial charge in [-0.05, 0) is 43.3 Å². The third-order valence-corrected chi connectivity index (χ3v) is 5.82. The van der Waals surface area contributed by atoms with Gasteiger partial charge < -0.3 is 13.7 Å². The van der Waals surface area contributed by atoms with Crippen molar-refractivity contribution < 1.29 is 13.7 Å². The molecule has 0 saturated heterocycles. The highest BCUT2D eigenvalue weighted by molar-refractivity contribution is 7.99. The van der Waals surface area contributed by atoms with Crippen LogP contribution in [0.2, 0.25) is 0 Å². The summed E-state index contributed by atoms with van der Waals surface area (Å²) >= 11 is 1.49. The van der Waals surface area contributed by atoms with E-state index >= 15 is 0 Å². The van der Waals surface area contributed by atoms with Crippen LogP contribution in [0.5, 0.6) is 5.75 Å². The first-order chi connectivity index (χ1) is 15.7. The molecule has 0 fully saturated rings. The Morgan fingerprint density at radius 2 is 1.88 bits per heavy atom. The van der Waals surface area contributed by atoms with Gasteiger partial charge in [-0.1, -0.05) is 47.3 Å². The zero-order valence-corrected chi connectivity index (χ0v) is 18.2. The molecular weight excluding hydrogens is 426 g/mol. The predicted octanol–water partition coefficient (Wildman–Crippen LogP) is 5.44. The maximum absolute atomic E-state index is 5.47. The molecule has 0 aliphatic heterocycles. The van der Waals surface area contributed by atoms with Gasteiger partial charge in [0.15, 0.2) is 16.7 Å². The van der Waals surface area contributed by atoms with Crippen molar-refractivity contribution >= 4 is 11.8 Å². The first-order valence-electron chi connectivity index (χ1n) is 9.92. The average Bonchev–Trinajstić information content (AvgIpc) is 3.60. The summed E-state index contributed by atoms with van der Waals surface area (Å²) < 4.78 is 18.2. The van der Waals surface area contributed by atoms with E-state index in [1.54, 1.807) is 25.5 Å². The van der Waals surface area contributed by atoms with Crippen molar-refractivity contribution in [2.75, 3.05) is 7.11 Å². The quantitative estimate of drug-likeness (QED) is 0.306. The van der Waals surface area contributed by atoms with E-state index in [4.69, 9.17) is 13.7 Å². The zero-order valence-electron chi connectivity index (χ0n) is 17.4. The van der Waals surface area contributed by atoms with Crippen molar-refractivity contribution in [3.8, 4) is 34.4 Å². The number of furan rings is 1. The Morgan fingerprint density at radius 3 is 2.66 bits per heavy atom. The topological polar surface area (TPSA) is 92.0 Å². The summed E-state index contributed by atoms with van der Waals surface area (Å²) in [6.07, 6.45) is 1.58. The third kappa shape index (κ3) is 3.90. The normalized spacial score (nSPS) is 12.1. The summed E-state index contributed by atoms with van der Waals surface area (Å²) in [6, 6.07) is 21.3. The van der Waals surface area contributed by atoms with Gasteiger partial charge in [-0.25, -0.2) is 0 Å². The Hall–Kier alpha value is -3.85. The van der Waals surface area contributed by atoms with E-state index in [0.717, 1.165) is 17.0 Å². The molecule has 0 radical (unpaired) electrons. The standard InChI is InChI=1S/C23H19N5O3S/c1-15(22-24-20(27-31-22)19-12-7-13-30-19)32-23-26-25-21(16-8-6-11-18(14-16)29-2)28(23)17-9-4-3-5-10-17/h3-15H,1-2H3. The van der Waals surface area contributed by atoms with Crippen LogP contribution in [0.25, 0.3) is 28.7 Å². The van der Waals surface area contributed by atoms with Gasteiger partial charge in [-0.3, -0.25) is 4.57 Å². The Kier molecular flexibility index (Phi) is 5.47. The fourth-order valence-electron chi connectivity index (χ4n) is 3.22. The summed E-state index contributed by atoms with van der Waals surface area (Å²) in [5, 5.41) is 13.5. The van der Waals surface area contributed by atoms with Gasteiger partial charge in [0.05, 0.1) is 18.6 Å². The largest absolute Gasteiger partial charge is 0.497 e. The number of methoxy groups -OCH3 is 1. The maximum atomic E-state index is 5.47. The van der Waals surface area contributed by atoms with E-state index in [1.165, 1.54) is 11.8 Å². The monoisotopic (exact) mass is 445 g/mol. The Morgan fingerprint density at radius 1 is 1.00 bits per heavy atom. The minimum absolute atomic E-state index is 0.156. The van der Waals surface area contributed by atoms with Gasteiger partial charge in [-0.15, -0.1) is 10.2 Å². The minimum atomic E-state index is -0.156. The van der Waals surface area contributed by atoms with E-state index in [0.29, 0.717) is 28.5 Å². The zero-order chi connectivity index (χ0) is 21.9. The maximum Gasteiger partial charge on any atom is 0.240 e. The molecule has 3 aromatic heterocycles. The molecule has 5 rings (SSSR count). The summed E-state index contributed by atoms with van der Waals surface area (Å²) in [5.41, 5.74) is 1.85. The smallest absolute Gasteiger partial charge is 0.240 e. The van der Waals surface area contributed by atoms with Gasteiger partial charge >= 0.3 is 0 Å². The molecule has 0 amide bonds. The highest BCUT2D eigenvalue weighted by Crippen LogP contribution is 2.37.